The minimum Gasteiger partial charge on any atom is -0.489 e. The highest BCUT2D eigenvalue weighted by molar-refractivity contribution is 5.68. The Hall–Kier alpha value is -3.08. The summed E-state index contributed by atoms with van der Waals surface area (Å²) in [6.45, 7) is 9.80. The van der Waals surface area contributed by atoms with Gasteiger partial charge in [-0.1, -0.05) is 58.0 Å². The zero-order chi connectivity index (χ0) is 22.9. The molecule has 3 aromatic rings. The molecule has 0 aliphatic heterocycles. The molecule has 0 bridgehead atoms. The maximum absolute atomic E-state index is 11.3. The number of nitrogens with zero attached hydrogens (tertiary/aromatic N) is 1. The second-order valence-corrected chi connectivity index (χ2v) is 10.1. The molecule has 0 fully saturated rings. The summed E-state index contributed by atoms with van der Waals surface area (Å²) < 4.78 is 11.4. The van der Waals surface area contributed by atoms with Crippen LogP contribution in [-0.4, -0.2) is 16.1 Å². The van der Waals surface area contributed by atoms with Crippen LogP contribution in [0.1, 0.15) is 80.9 Å². The van der Waals surface area contributed by atoms with E-state index in [0.717, 1.165) is 16.9 Å². The predicted molar refractivity (Wildman–Crippen MR) is 123 cm³/mol. The smallest absolute Gasteiger partial charge is 0.304 e. The van der Waals surface area contributed by atoms with Crippen molar-refractivity contribution in [3.63, 3.8) is 0 Å². The average Bonchev–Trinajstić information content (AvgIpc) is 3.29. The summed E-state index contributed by atoms with van der Waals surface area (Å²) in [5.41, 5.74) is 5.25. The molecule has 0 saturated carbocycles. The first kappa shape index (κ1) is 22.1. The van der Waals surface area contributed by atoms with Gasteiger partial charge in [0.15, 0.2) is 6.39 Å². The van der Waals surface area contributed by atoms with Gasteiger partial charge in [0.1, 0.15) is 18.1 Å². The summed E-state index contributed by atoms with van der Waals surface area (Å²) in [5, 5.41) is 9.28. The van der Waals surface area contributed by atoms with E-state index >= 15 is 0 Å². The van der Waals surface area contributed by atoms with Crippen molar-refractivity contribution >= 4 is 5.97 Å². The number of fused-ring (bicyclic) bond motifs is 1. The van der Waals surface area contributed by atoms with E-state index in [-0.39, 0.29) is 23.2 Å². The molecule has 0 spiro atoms. The van der Waals surface area contributed by atoms with Crippen molar-refractivity contribution in [2.45, 2.75) is 70.3 Å². The Balaban J connectivity index is 1.49. The molecule has 5 nitrogen and oxygen atoms in total. The van der Waals surface area contributed by atoms with Gasteiger partial charge in [-0.2, -0.15) is 0 Å². The number of hydrogen-bond donors (Lipinski definition) is 1. The van der Waals surface area contributed by atoms with Crippen molar-refractivity contribution in [2.24, 2.45) is 0 Å². The fraction of sp³-hybridized carbons (Fsp3) is 0.407. The number of carboxylic acids is 1. The Labute approximate surface area is 189 Å². The number of hydrogen-bond acceptors (Lipinski definition) is 4. The van der Waals surface area contributed by atoms with Crippen molar-refractivity contribution in [3.8, 4) is 5.75 Å². The molecule has 2 aromatic carbocycles. The fourth-order valence-electron chi connectivity index (χ4n) is 4.64. The summed E-state index contributed by atoms with van der Waals surface area (Å²) in [5.74, 6) is 0.0268. The van der Waals surface area contributed by atoms with Gasteiger partial charge in [-0.3, -0.25) is 4.79 Å². The van der Waals surface area contributed by atoms with E-state index in [4.69, 9.17) is 9.15 Å². The zero-order valence-corrected chi connectivity index (χ0v) is 19.2. The summed E-state index contributed by atoms with van der Waals surface area (Å²) >= 11 is 0. The third-order valence-corrected chi connectivity index (χ3v) is 6.78. The van der Waals surface area contributed by atoms with Crippen molar-refractivity contribution in [3.05, 3.63) is 83.1 Å². The Morgan fingerprint density at radius 2 is 1.75 bits per heavy atom. The lowest BCUT2D eigenvalue weighted by atomic mass is 9.63. The van der Waals surface area contributed by atoms with Crippen LogP contribution in [0.5, 0.6) is 5.75 Å². The molecule has 1 atom stereocenters. The number of aliphatic carboxylic acids is 1. The van der Waals surface area contributed by atoms with Crippen LogP contribution in [0.2, 0.25) is 0 Å². The van der Waals surface area contributed by atoms with Crippen LogP contribution in [0.4, 0.5) is 0 Å². The highest BCUT2D eigenvalue weighted by Gasteiger charge is 2.36. The monoisotopic (exact) mass is 433 g/mol. The number of aromatic nitrogens is 1. The zero-order valence-electron chi connectivity index (χ0n) is 19.2. The van der Waals surface area contributed by atoms with Crippen LogP contribution in [0.15, 0.2) is 59.5 Å². The molecule has 1 heterocycles. The van der Waals surface area contributed by atoms with Gasteiger partial charge in [-0.15, -0.1) is 0 Å². The minimum absolute atomic E-state index is 0.0589. The first-order valence-electron chi connectivity index (χ1n) is 11.1. The molecule has 5 heteroatoms. The van der Waals surface area contributed by atoms with Crippen molar-refractivity contribution in [2.75, 3.05) is 0 Å². The number of carbonyl (C=O) groups is 1. The molecule has 32 heavy (non-hydrogen) atoms. The lowest BCUT2D eigenvalue weighted by molar-refractivity contribution is -0.137. The molecule has 4 rings (SSSR count). The van der Waals surface area contributed by atoms with Gasteiger partial charge < -0.3 is 14.3 Å². The van der Waals surface area contributed by atoms with Crippen molar-refractivity contribution in [1.82, 2.24) is 4.98 Å². The third-order valence-electron chi connectivity index (χ3n) is 6.78. The summed E-state index contributed by atoms with van der Waals surface area (Å²) in [7, 11) is 0. The maximum atomic E-state index is 11.3. The molecule has 0 saturated heterocycles. The van der Waals surface area contributed by atoms with Crippen LogP contribution in [0, 0.1) is 0 Å². The molecule has 1 aliphatic carbocycles. The van der Waals surface area contributed by atoms with Gasteiger partial charge in [0.25, 0.3) is 0 Å². The van der Waals surface area contributed by atoms with Crippen LogP contribution in [-0.2, 0) is 22.2 Å². The Morgan fingerprint density at radius 3 is 2.38 bits per heavy atom. The van der Waals surface area contributed by atoms with Gasteiger partial charge in [0.2, 0.25) is 0 Å². The van der Waals surface area contributed by atoms with Crippen molar-refractivity contribution in [1.29, 1.82) is 0 Å². The van der Waals surface area contributed by atoms with E-state index in [1.54, 1.807) is 6.20 Å². The highest BCUT2D eigenvalue weighted by Crippen LogP contribution is 2.46. The lowest BCUT2D eigenvalue weighted by Gasteiger charge is -2.42. The minimum atomic E-state index is -0.884. The van der Waals surface area contributed by atoms with Crippen LogP contribution in [0.25, 0.3) is 0 Å². The first-order valence-corrected chi connectivity index (χ1v) is 11.1. The first-order chi connectivity index (χ1) is 15.2. The van der Waals surface area contributed by atoms with Gasteiger partial charge in [0, 0.05) is 0 Å². The summed E-state index contributed by atoms with van der Waals surface area (Å²) in [4.78, 5) is 15.2. The van der Waals surface area contributed by atoms with E-state index < -0.39 is 5.97 Å². The molecule has 0 amide bonds. The second-order valence-electron chi connectivity index (χ2n) is 10.1. The number of ether oxygens (including phenoxy) is 1. The SMILES string of the molecule is CC1(C)CCC(C)(C)c2cc(COc3ccc([C@H](CC(=O)O)c4cnco4)cc3)ccc21. The topological polar surface area (TPSA) is 72.6 Å². The molecule has 1 N–H and O–H groups in total. The molecule has 168 valence electrons. The Bertz CT molecular complexity index is 1080. The van der Waals surface area contributed by atoms with E-state index in [1.165, 1.54) is 30.4 Å². The van der Waals surface area contributed by atoms with Gasteiger partial charge >= 0.3 is 5.97 Å². The fourth-order valence-corrected chi connectivity index (χ4v) is 4.64. The maximum Gasteiger partial charge on any atom is 0.304 e. The van der Waals surface area contributed by atoms with Gasteiger partial charge in [-0.05, 0) is 58.1 Å². The third kappa shape index (κ3) is 4.57. The normalized spacial score (nSPS) is 17.4. The summed E-state index contributed by atoms with van der Waals surface area (Å²) in [6.07, 6.45) is 5.21. The number of carboxylic acid groups (broad SMARTS) is 1. The molecular weight excluding hydrogens is 402 g/mol. The quantitative estimate of drug-likeness (QED) is 0.480. The van der Waals surface area contributed by atoms with Crippen LogP contribution in [0.3, 0.4) is 0 Å². The molecular formula is C27H31NO4. The number of oxazole rings is 1. The largest absolute Gasteiger partial charge is 0.489 e. The number of rotatable bonds is 7. The number of benzene rings is 2. The van der Waals surface area contributed by atoms with Gasteiger partial charge in [-0.25, -0.2) is 4.98 Å². The van der Waals surface area contributed by atoms with Crippen LogP contribution >= 0.6 is 0 Å². The Kier molecular flexibility index (Phi) is 5.85. The van der Waals surface area contributed by atoms with Crippen LogP contribution < -0.4 is 4.74 Å². The predicted octanol–water partition coefficient (Wildman–Crippen LogP) is 6.21. The summed E-state index contributed by atoms with van der Waals surface area (Å²) in [6, 6.07) is 14.3. The van der Waals surface area contributed by atoms with Gasteiger partial charge in [0.05, 0.1) is 18.5 Å². The standard InChI is InChI=1S/C27H31NO4/c1-26(2)11-12-27(3,4)23-13-18(5-10-22(23)26)16-31-20-8-6-19(7-9-20)21(14-25(29)30)24-15-28-17-32-24/h5-10,13,15,17,21H,11-12,14,16H2,1-4H3,(H,29,30)/t21-/m0/s1. The second kappa shape index (κ2) is 8.45. The van der Waals surface area contributed by atoms with E-state index in [9.17, 15) is 9.90 Å². The molecule has 1 aromatic heterocycles. The molecule has 0 unspecified atom stereocenters. The van der Waals surface area contributed by atoms with E-state index in [2.05, 4.69) is 50.9 Å². The molecule has 1 aliphatic rings. The van der Waals surface area contributed by atoms with Crippen molar-refractivity contribution < 1.29 is 19.1 Å². The van der Waals surface area contributed by atoms with E-state index in [0.29, 0.717) is 12.4 Å². The van der Waals surface area contributed by atoms with E-state index in [1.807, 2.05) is 24.3 Å². The lowest BCUT2D eigenvalue weighted by Crippen LogP contribution is -2.33. The highest BCUT2D eigenvalue weighted by atomic mass is 16.5. The average molecular weight is 434 g/mol. The molecule has 0 radical (unpaired) electrons. The Morgan fingerprint density at radius 1 is 1.06 bits per heavy atom.